The maximum Gasteiger partial charge on any atom is 0.243 e. The van der Waals surface area contributed by atoms with Crippen molar-refractivity contribution in [1.29, 1.82) is 0 Å². The number of hydrogen-bond acceptors (Lipinski definition) is 6. The van der Waals surface area contributed by atoms with Gasteiger partial charge in [0.25, 0.3) is 0 Å². The van der Waals surface area contributed by atoms with Gasteiger partial charge >= 0.3 is 0 Å². The lowest BCUT2D eigenvalue weighted by Gasteiger charge is -2.26. The van der Waals surface area contributed by atoms with Gasteiger partial charge in [-0.2, -0.15) is 4.31 Å². The molecule has 0 aliphatic carbocycles. The second-order valence-corrected chi connectivity index (χ2v) is 9.38. The first-order valence-electron chi connectivity index (χ1n) is 9.34. The third-order valence-corrected chi connectivity index (χ3v) is 7.00. The molecule has 1 amide bonds. The molecular weight excluding hydrogens is 406 g/mol. The minimum absolute atomic E-state index is 0.0989. The van der Waals surface area contributed by atoms with Crippen molar-refractivity contribution in [2.24, 2.45) is 0 Å². The summed E-state index contributed by atoms with van der Waals surface area (Å²) >= 11 is 6.17. The highest BCUT2D eigenvalue weighted by Crippen LogP contribution is 2.27. The number of morpholine rings is 1. The molecule has 156 valence electrons. The monoisotopic (exact) mass is 431 g/mol. The van der Waals surface area contributed by atoms with Crippen molar-refractivity contribution in [3.8, 4) is 0 Å². The van der Waals surface area contributed by atoms with Crippen LogP contribution in [0.15, 0.2) is 23.1 Å². The largest absolute Gasteiger partial charge is 0.379 e. The van der Waals surface area contributed by atoms with Crippen LogP contribution in [0.4, 0.5) is 5.69 Å². The number of nitrogens with zero attached hydrogens (tertiary/aromatic N) is 2. The first-order valence-corrected chi connectivity index (χ1v) is 11.2. The predicted molar refractivity (Wildman–Crippen MR) is 106 cm³/mol. The summed E-state index contributed by atoms with van der Waals surface area (Å²) in [5.41, 5.74) is 0.284. The van der Waals surface area contributed by atoms with Crippen molar-refractivity contribution in [2.45, 2.75) is 23.8 Å². The molecule has 0 saturated carbocycles. The average molecular weight is 432 g/mol. The molecule has 1 N–H and O–H groups in total. The summed E-state index contributed by atoms with van der Waals surface area (Å²) in [6.07, 6.45) is 2.20. The molecule has 1 aromatic carbocycles. The number of carbonyl (C=O) groups is 1. The minimum atomic E-state index is -3.66. The predicted octanol–water partition coefficient (Wildman–Crippen LogP) is 1.41. The van der Waals surface area contributed by atoms with Gasteiger partial charge in [-0.15, -0.1) is 0 Å². The number of ether oxygens (including phenoxy) is 2. The Bertz CT molecular complexity index is 792. The number of amides is 1. The number of sulfonamides is 1. The van der Waals surface area contributed by atoms with Crippen molar-refractivity contribution in [3.05, 3.63) is 23.2 Å². The molecule has 2 aliphatic heterocycles. The van der Waals surface area contributed by atoms with Gasteiger partial charge in [0.2, 0.25) is 15.9 Å². The van der Waals surface area contributed by atoms with Crippen LogP contribution in [-0.4, -0.2) is 82.7 Å². The van der Waals surface area contributed by atoms with E-state index in [0.29, 0.717) is 32.8 Å². The Morgan fingerprint density at radius 3 is 2.75 bits per heavy atom. The third-order valence-electron chi connectivity index (χ3n) is 4.77. The van der Waals surface area contributed by atoms with E-state index in [1.165, 1.54) is 22.5 Å². The molecular formula is C18H26ClN3O5S. The molecule has 2 fully saturated rings. The quantitative estimate of drug-likeness (QED) is 0.702. The first kappa shape index (κ1) is 21.5. The van der Waals surface area contributed by atoms with Crippen molar-refractivity contribution >= 4 is 33.2 Å². The highest BCUT2D eigenvalue weighted by Gasteiger charge is 2.27. The molecule has 2 aliphatic rings. The topological polar surface area (TPSA) is 88.2 Å². The zero-order chi connectivity index (χ0) is 20.1. The molecule has 8 nitrogen and oxygen atoms in total. The molecule has 10 heteroatoms. The van der Waals surface area contributed by atoms with Gasteiger partial charge in [0.1, 0.15) is 0 Å². The minimum Gasteiger partial charge on any atom is -0.379 e. The van der Waals surface area contributed by atoms with E-state index in [1.807, 2.05) is 11.9 Å². The van der Waals surface area contributed by atoms with Crippen molar-refractivity contribution in [1.82, 2.24) is 9.21 Å². The van der Waals surface area contributed by atoms with Crippen LogP contribution in [0.1, 0.15) is 12.8 Å². The molecule has 1 atom stereocenters. The lowest BCUT2D eigenvalue weighted by Crippen LogP contribution is -2.40. The number of benzene rings is 1. The molecule has 3 rings (SSSR count). The number of anilines is 1. The van der Waals surface area contributed by atoms with E-state index in [2.05, 4.69) is 5.32 Å². The number of rotatable bonds is 7. The Kier molecular flexibility index (Phi) is 7.30. The van der Waals surface area contributed by atoms with Crippen LogP contribution in [0.5, 0.6) is 0 Å². The van der Waals surface area contributed by atoms with Crippen molar-refractivity contribution in [3.63, 3.8) is 0 Å². The summed E-state index contributed by atoms with van der Waals surface area (Å²) in [5.74, 6) is -0.261. The second-order valence-electron chi connectivity index (χ2n) is 7.04. The molecule has 28 heavy (non-hydrogen) atoms. The fourth-order valence-electron chi connectivity index (χ4n) is 3.33. The van der Waals surface area contributed by atoms with E-state index < -0.39 is 10.0 Å². The molecule has 0 aromatic heterocycles. The number of likely N-dealkylation sites (N-methyl/N-ethyl adjacent to an activating group) is 1. The summed E-state index contributed by atoms with van der Waals surface area (Å²) in [4.78, 5) is 14.4. The first-order chi connectivity index (χ1) is 13.4. The normalized spacial score (nSPS) is 21.2. The Balaban J connectivity index is 1.64. The SMILES string of the molecule is CN(CC(=O)Nc1cc(S(=O)(=O)N2CCOCC2)ccc1Cl)CC1CCCO1. The summed E-state index contributed by atoms with van der Waals surface area (Å²) in [5, 5.41) is 3.01. The molecule has 0 spiro atoms. The highest BCUT2D eigenvalue weighted by molar-refractivity contribution is 7.89. The Labute approximate surface area is 170 Å². The Morgan fingerprint density at radius 1 is 1.32 bits per heavy atom. The second kappa shape index (κ2) is 9.51. The van der Waals surface area contributed by atoms with Crippen LogP contribution in [-0.2, 0) is 24.3 Å². The van der Waals surface area contributed by atoms with Gasteiger partial charge in [-0.1, -0.05) is 11.6 Å². The van der Waals surface area contributed by atoms with Crippen LogP contribution in [0.3, 0.4) is 0 Å². The van der Waals surface area contributed by atoms with Gasteiger partial charge in [0.05, 0.1) is 41.5 Å². The number of carbonyl (C=O) groups excluding carboxylic acids is 1. The van der Waals surface area contributed by atoms with E-state index in [1.54, 1.807) is 0 Å². The van der Waals surface area contributed by atoms with Gasteiger partial charge in [0, 0.05) is 26.2 Å². The maximum absolute atomic E-state index is 12.8. The van der Waals surface area contributed by atoms with Gasteiger partial charge in [-0.05, 0) is 38.1 Å². The molecule has 0 radical (unpaired) electrons. The van der Waals surface area contributed by atoms with E-state index in [4.69, 9.17) is 21.1 Å². The fraction of sp³-hybridized carbons (Fsp3) is 0.611. The Morgan fingerprint density at radius 2 is 2.07 bits per heavy atom. The fourth-order valence-corrected chi connectivity index (χ4v) is 4.93. The standard InChI is InChI=1S/C18H26ClN3O5S/c1-21(12-14-3-2-8-27-14)13-18(23)20-17-11-15(4-5-16(17)19)28(24,25)22-6-9-26-10-7-22/h4-5,11,14H,2-3,6-10,12-13H2,1H3,(H,20,23). The highest BCUT2D eigenvalue weighted by atomic mass is 35.5. The summed E-state index contributed by atoms with van der Waals surface area (Å²) in [6, 6.07) is 4.35. The third kappa shape index (κ3) is 5.43. The van der Waals surface area contributed by atoms with Gasteiger partial charge in [-0.25, -0.2) is 8.42 Å². The maximum atomic E-state index is 12.8. The van der Waals surface area contributed by atoms with Crippen LogP contribution in [0.25, 0.3) is 0 Å². The summed E-state index contributed by atoms with van der Waals surface area (Å²) in [6.45, 7) is 2.95. The van der Waals surface area contributed by atoms with Crippen molar-refractivity contribution in [2.75, 3.05) is 58.4 Å². The van der Waals surface area contributed by atoms with Gasteiger partial charge < -0.3 is 14.8 Å². The lowest BCUT2D eigenvalue weighted by molar-refractivity contribution is -0.117. The number of nitrogens with one attached hydrogen (secondary N) is 1. The zero-order valence-electron chi connectivity index (χ0n) is 15.9. The molecule has 2 saturated heterocycles. The van der Waals surface area contributed by atoms with E-state index >= 15 is 0 Å². The lowest BCUT2D eigenvalue weighted by atomic mass is 10.2. The molecule has 0 bridgehead atoms. The molecule has 2 heterocycles. The van der Waals surface area contributed by atoms with Crippen LogP contribution < -0.4 is 5.32 Å². The van der Waals surface area contributed by atoms with Gasteiger partial charge in [-0.3, -0.25) is 9.69 Å². The zero-order valence-corrected chi connectivity index (χ0v) is 17.5. The van der Waals surface area contributed by atoms with Crippen LogP contribution >= 0.6 is 11.6 Å². The van der Waals surface area contributed by atoms with E-state index in [-0.39, 0.29) is 34.2 Å². The summed E-state index contributed by atoms with van der Waals surface area (Å²) < 4.78 is 37.8. The average Bonchev–Trinajstić information content (AvgIpc) is 3.16. The van der Waals surface area contributed by atoms with E-state index in [9.17, 15) is 13.2 Å². The van der Waals surface area contributed by atoms with E-state index in [0.717, 1.165) is 19.4 Å². The van der Waals surface area contributed by atoms with Crippen molar-refractivity contribution < 1.29 is 22.7 Å². The smallest absolute Gasteiger partial charge is 0.243 e. The molecule has 1 unspecified atom stereocenters. The number of halogens is 1. The summed E-state index contributed by atoms with van der Waals surface area (Å²) in [7, 11) is -1.81. The Hall–Kier alpha value is -1.23. The van der Waals surface area contributed by atoms with Crippen LogP contribution in [0, 0.1) is 0 Å². The molecule has 1 aromatic rings. The van der Waals surface area contributed by atoms with Gasteiger partial charge in [0.15, 0.2) is 0 Å². The van der Waals surface area contributed by atoms with Crippen LogP contribution in [0.2, 0.25) is 5.02 Å². The number of hydrogen-bond donors (Lipinski definition) is 1.